The Morgan fingerprint density at radius 3 is 1.21 bits per heavy atom. The molecule has 2 heterocycles. The minimum atomic E-state index is -0.306. The first-order valence-corrected chi connectivity index (χ1v) is 27.8. The maximum absolute atomic E-state index is 5.94. The summed E-state index contributed by atoms with van der Waals surface area (Å²) in [7, 11) is 0. The largest absolute Gasteiger partial charge is 0.346 e. The highest BCUT2D eigenvalue weighted by molar-refractivity contribution is 6.01. The average molecular weight is 1010 g/mol. The lowest BCUT2D eigenvalue weighted by Gasteiger charge is -2.35. The van der Waals surface area contributed by atoms with E-state index in [1.54, 1.807) is 0 Å². The third-order valence-electron chi connectivity index (χ3n) is 16.2. The standard InChI is InChI=1S/C71H64N2O4/c1-3-29-57(30-4-1)72(67-35-17-25-53-23-7-9-33-61(53)67)59-37-39-63-64-40-38-60(73(58-31-5-2-6-32-58)68-36-18-26-54-24-8-10-34-62(54)68)50-66(64)71(65(63)49-59,41-13-11-19-51-21-15-27-55(47-51)69-74-43-44-75-69)42-14-12-20-52-22-16-28-56(48-52)70-76-45-46-77-70/h1-10,15-18,21-40,47-50,69-70H,11-14,19-20,41-46H2. The van der Waals surface area contributed by atoms with E-state index in [9.17, 15) is 0 Å². The van der Waals surface area contributed by atoms with Gasteiger partial charge in [-0.1, -0.05) is 183 Å². The minimum Gasteiger partial charge on any atom is -0.346 e. The second-order valence-electron chi connectivity index (χ2n) is 20.9. The van der Waals surface area contributed by atoms with Gasteiger partial charge in [0.25, 0.3) is 0 Å². The van der Waals surface area contributed by atoms with E-state index in [4.69, 9.17) is 18.9 Å². The van der Waals surface area contributed by atoms with E-state index < -0.39 is 0 Å². The Balaban J connectivity index is 0.948. The van der Waals surface area contributed by atoms with Gasteiger partial charge in [-0.3, -0.25) is 0 Å². The van der Waals surface area contributed by atoms with Crippen molar-refractivity contribution in [3.63, 3.8) is 0 Å². The second kappa shape index (κ2) is 22.0. The van der Waals surface area contributed by atoms with Crippen molar-refractivity contribution in [1.29, 1.82) is 0 Å². The minimum absolute atomic E-state index is 0.284. The Hall–Kier alpha value is -7.84. The number of fused-ring (bicyclic) bond motifs is 5. The molecule has 0 atom stereocenters. The highest BCUT2D eigenvalue weighted by Crippen LogP contribution is 2.57. The first-order valence-electron chi connectivity index (χ1n) is 27.8. The van der Waals surface area contributed by atoms with Gasteiger partial charge in [-0.15, -0.1) is 0 Å². The number of hydrogen-bond acceptors (Lipinski definition) is 6. The molecule has 2 aliphatic heterocycles. The van der Waals surface area contributed by atoms with Crippen molar-refractivity contribution >= 4 is 55.7 Å². The highest BCUT2D eigenvalue weighted by Gasteiger charge is 2.43. The maximum atomic E-state index is 5.94. The van der Waals surface area contributed by atoms with Crippen molar-refractivity contribution < 1.29 is 18.9 Å². The molecule has 0 unspecified atom stereocenters. The summed E-state index contributed by atoms with van der Waals surface area (Å²) in [5, 5.41) is 4.88. The van der Waals surface area contributed by atoms with Gasteiger partial charge in [-0.25, -0.2) is 0 Å². The molecule has 0 bridgehead atoms. The van der Waals surface area contributed by atoms with Crippen LogP contribution in [0.3, 0.4) is 0 Å². The Kier molecular flexibility index (Phi) is 13.9. The molecule has 0 radical (unpaired) electrons. The van der Waals surface area contributed by atoms with E-state index in [1.165, 1.54) is 54.9 Å². The van der Waals surface area contributed by atoms with E-state index in [2.05, 4.69) is 240 Å². The summed E-state index contributed by atoms with van der Waals surface area (Å²) in [5.74, 6) is 0. The van der Waals surface area contributed by atoms with Crippen molar-refractivity contribution in [3.05, 3.63) is 264 Å². The van der Waals surface area contributed by atoms with Crippen LogP contribution in [-0.4, -0.2) is 26.4 Å². The molecule has 2 fully saturated rings. The van der Waals surface area contributed by atoms with Crippen LogP contribution in [0.15, 0.2) is 231 Å². The second-order valence-corrected chi connectivity index (χ2v) is 20.9. The summed E-state index contributed by atoms with van der Waals surface area (Å²) >= 11 is 0. The molecule has 77 heavy (non-hydrogen) atoms. The lowest BCUT2D eigenvalue weighted by molar-refractivity contribution is -0.0443. The molecule has 6 heteroatoms. The molecular weight excluding hydrogens is 945 g/mol. The van der Waals surface area contributed by atoms with Crippen molar-refractivity contribution in [2.45, 2.75) is 69.4 Å². The third kappa shape index (κ3) is 9.84. The van der Waals surface area contributed by atoms with Crippen LogP contribution in [0.5, 0.6) is 0 Å². The maximum Gasteiger partial charge on any atom is 0.184 e. The molecule has 0 spiro atoms. The molecule has 2 saturated heterocycles. The summed E-state index contributed by atoms with van der Waals surface area (Å²) in [6.07, 6.45) is 7.60. The number of aryl methyl sites for hydroxylation is 2. The smallest absolute Gasteiger partial charge is 0.184 e. The Morgan fingerprint density at radius 1 is 0.351 bits per heavy atom. The third-order valence-corrected chi connectivity index (χ3v) is 16.2. The van der Waals surface area contributed by atoms with Gasteiger partial charge >= 0.3 is 0 Å². The molecule has 382 valence electrons. The molecule has 10 aromatic rings. The van der Waals surface area contributed by atoms with Gasteiger partial charge in [0.15, 0.2) is 12.6 Å². The number of para-hydroxylation sites is 2. The summed E-state index contributed by atoms with van der Waals surface area (Å²) in [6, 6.07) is 85.2. The number of unbranched alkanes of at least 4 members (excludes halogenated alkanes) is 2. The van der Waals surface area contributed by atoms with Crippen LogP contribution in [0.25, 0.3) is 32.7 Å². The van der Waals surface area contributed by atoms with Crippen LogP contribution in [0, 0.1) is 0 Å². The Labute approximate surface area is 453 Å². The number of rotatable bonds is 18. The normalized spacial score (nSPS) is 15.0. The summed E-state index contributed by atoms with van der Waals surface area (Å²) in [5.41, 5.74) is 16.9. The van der Waals surface area contributed by atoms with E-state index in [-0.39, 0.29) is 18.0 Å². The van der Waals surface area contributed by atoms with Gasteiger partial charge in [0, 0.05) is 50.1 Å². The molecule has 10 aromatic carbocycles. The molecule has 0 amide bonds. The SMILES string of the molecule is c1ccc(N(c2ccc3c(c2)C(CCCCc2cccc(C4OCCO4)c2)(CCCCc2cccc(C4OCCO4)c2)c2cc(N(c4ccccc4)c4cccc5ccccc45)ccc2-3)c2cccc3ccccc23)cc1. The predicted molar refractivity (Wildman–Crippen MR) is 314 cm³/mol. The van der Waals surface area contributed by atoms with E-state index in [0.29, 0.717) is 26.4 Å². The summed E-state index contributed by atoms with van der Waals surface area (Å²) < 4.78 is 23.8. The Morgan fingerprint density at radius 2 is 0.753 bits per heavy atom. The molecule has 13 rings (SSSR count). The van der Waals surface area contributed by atoms with Crippen molar-refractivity contribution in [2.24, 2.45) is 0 Å². The zero-order valence-electron chi connectivity index (χ0n) is 43.6. The van der Waals surface area contributed by atoms with Crippen LogP contribution in [0.2, 0.25) is 0 Å². The van der Waals surface area contributed by atoms with Crippen molar-refractivity contribution in [3.8, 4) is 11.1 Å². The number of ether oxygens (including phenoxy) is 4. The number of nitrogens with zero attached hydrogens (tertiary/aromatic N) is 2. The van der Waals surface area contributed by atoms with E-state index in [1.807, 2.05) is 0 Å². The van der Waals surface area contributed by atoms with Crippen LogP contribution in [0.4, 0.5) is 34.1 Å². The molecule has 0 aromatic heterocycles. The van der Waals surface area contributed by atoms with Gasteiger partial charge in [-0.2, -0.15) is 0 Å². The summed E-state index contributed by atoms with van der Waals surface area (Å²) in [6.45, 7) is 2.54. The lowest BCUT2D eigenvalue weighted by Crippen LogP contribution is -2.26. The molecule has 1 aliphatic carbocycles. The van der Waals surface area contributed by atoms with Gasteiger partial charge < -0.3 is 28.7 Å². The van der Waals surface area contributed by atoms with Crippen molar-refractivity contribution in [2.75, 3.05) is 36.2 Å². The van der Waals surface area contributed by atoms with Gasteiger partial charge in [-0.05, 0) is 143 Å². The van der Waals surface area contributed by atoms with Crippen LogP contribution < -0.4 is 9.80 Å². The molecule has 3 aliphatic rings. The van der Waals surface area contributed by atoms with E-state index in [0.717, 1.165) is 96.6 Å². The van der Waals surface area contributed by atoms with Gasteiger partial charge in [0.2, 0.25) is 0 Å². The first kappa shape index (κ1) is 48.8. The number of benzene rings is 10. The Bertz CT molecular complexity index is 3410. The zero-order valence-corrected chi connectivity index (χ0v) is 43.6. The fourth-order valence-corrected chi connectivity index (χ4v) is 12.6. The molecule has 6 nitrogen and oxygen atoms in total. The van der Waals surface area contributed by atoms with Crippen molar-refractivity contribution in [1.82, 2.24) is 0 Å². The topological polar surface area (TPSA) is 43.4 Å². The molecule has 0 saturated carbocycles. The first-order chi connectivity index (χ1) is 38.2. The fourth-order valence-electron chi connectivity index (χ4n) is 12.6. The number of anilines is 6. The summed E-state index contributed by atoms with van der Waals surface area (Å²) in [4.78, 5) is 4.96. The molecular formula is C71H64N2O4. The number of hydrogen-bond donors (Lipinski definition) is 0. The van der Waals surface area contributed by atoms with Crippen LogP contribution in [-0.2, 0) is 37.2 Å². The lowest BCUT2D eigenvalue weighted by atomic mass is 9.70. The quantitative estimate of drug-likeness (QED) is 0.0798. The van der Waals surface area contributed by atoms with Crippen LogP contribution in [0.1, 0.15) is 84.5 Å². The zero-order chi connectivity index (χ0) is 51.4. The van der Waals surface area contributed by atoms with E-state index >= 15 is 0 Å². The fraction of sp³-hybridized carbons (Fsp3) is 0.211. The van der Waals surface area contributed by atoms with Gasteiger partial charge in [0.05, 0.1) is 37.8 Å². The van der Waals surface area contributed by atoms with Gasteiger partial charge in [0.1, 0.15) is 0 Å². The predicted octanol–water partition coefficient (Wildman–Crippen LogP) is 18.1. The average Bonchev–Trinajstić information content (AvgIpc) is 4.47. The highest BCUT2D eigenvalue weighted by atomic mass is 16.7. The van der Waals surface area contributed by atoms with Crippen LogP contribution >= 0.6 is 0 Å². The monoisotopic (exact) mass is 1010 g/mol. The molecule has 0 N–H and O–H groups in total.